The smallest absolute Gasteiger partial charge is 0.343 e. The Labute approximate surface area is 113 Å². The summed E-state index contributed by atoms with van der Waals surface area (Å²) in [7, 11) is 0. The highest BCUT2D eigenvalue weighted by Crippen LogP contribution is 2.17. The molecular formula is C15H18O4. The predicted molar refractivity (Wildman–Crippen MR) is 71.2 cm³/mol. The van der Waals surface area contributed by atoms with Crippen LogP contribution in [0.3, 0.4) is 0 Å². The fourth-order valence-electron chi connectivity index (χ4n) is 1.57. The van der Waals surface area contributed by atoms with E-state index in [4.69, 9.17) is 9.47 Å². The first-order chi connectivity index (χ1) is 9.08. The number of carbonyl (C=O) groups excluding carboxylic acids is 2. The van der Waals surface area contributed by atoms with Crippen LogP contribution in [0.2, 0.25) is 0 Å². The zero-order chi connectivity index (χ0) is 14.3. The molecule has 4 nitrogen and oxygen atoms in total. The average molecular weight is 262 g/mol. The number of esters is 2. The maximum Gasteiger partial charge on any atom is 0.343 e. The van der Waals surface area contributed by atoms with Gasteiger partial charge in [-0.2, -0.15) is 0 Å². The summed E-state index contributed by atoms with van der Waals surface area (Å²) in [6.45, 7) is 5.00. The second-order valence-corrected chi connectivity index (χ2v) is 3.90. The SMILES string of the molecule is CC/C(OC(C)=O)=C(/CC)OC(=O)c1ccccc1. The van der Waals surface area contributed by atoms with Gasteiger partial charge in [0.1, 0.15) is 11.5 Å². The Balaban J connectivity index is 2.89. The molecule has 1 aromatic carbocycles. The molecule has 0 aliphatic rings. The summed E-state index contributed by atoms with van der Waals surface area (Å²) in [6.07, 6.45) is 0.972. The van der Waals surface area contributed by atoms with Crippen molar-refractivity contribution in [3.8, 4) is 0 Å². The molecule has 0 bridgehead atoms. The molecule has 0 aliphatic carbocycles. The van der Waals surface area contributed by atoms with E-state index in [2.05, 4.69) is 0 Å². The van der Waals surface area contributed by atoms with Crippen LogP contribution in [-0.2, 0) is 14.3 Å². The maximum atomic E-state index is 11.9. The molecule has 0 aromatic heterocycles. The molecule has 0 saturated heterocycles. The number of carbonyl (C=O) groups is 2. The van der Waals surface area contributed by atoms with Crippen LogP contribution in [0.25, 0.3) is 0 Å². The lowest BCUT2D eigenvalue weighted by molar-refractivity contribution is -0.137. The number of rotatable bonds is 5. The monoisotopic (exact) mass is 262 g/mol. The maximum absolute atomic E-state index is 11.9. The van der Waals surface area contributed by atoms with E-state index in [1.54, 1.807) is 24.3 Å². The Morgan fingerprint density at radius 1 is 0.947 bits per heavy atom. The van der Waals surface area contributed by atoms with E-state index in [0.717, 1.165) is 0 Å². The molecule has 0 fully saturated rings. The second kappa shape index (κ2) is 7.36. The van der Waals surface area contributed by atoms with Gasteiger partial charge in [-0.05, 0) is 12.1 Å². The number of hydrogen-bond acceptors (Lipinski definition) is 4. The van der Waals surface area contributed by atoms with Gasteiger partial charge in [-0.1, -0.05) is 32.0 Å². The molecule has 1 aromatic rings. The van der Waals surface area contributed by atoms with Crippen LogP contribution in [0.1, 0.15) is 44.0 Å². The minimum Gasteiger partial charge on any atom is -0.428 e. The zero-order valence-electron chi connectivity index (χ0n) is 11.4. The van der Waals surface area contributed by atoms with E-state index in [0.29, 0.717) is 29.9 Å². The van der Waals surface area contributed by atoms with Gasteiger partial charge in [0.05, 0.1) is 5.56 Å². The quantitative estimate of drug-likeness (QED) is 0.602. The van der Waals surface area contributed by atoms with Gasteiger partial charge in [0.15, 0.2) is 0 Å². The van der Waals surface area contributed by atoms with Gasteiger partial charge in [-0.3, -0.25) is 4.79 Å². The molecule has 0 atom stereocenters. The molecule has 4 heteroatoms. The summed E-state index contributed by atoms with van der Waals surface area (Å²) in [5.74, 6) is -0.0695. The Morgan fingerprint density at radius 3 is 1.95 bits per heavy atom. The fourth-order valence-corrected chi connectivity index (χ4v) is 1.57. The van der Waals surface area contributed by atoms with Crippen molar-refractivity contribution < 1.29 is 19.1 Å². The highest BCUT2D eigenvalue weighted by molar-refractivity contribution is 5.90. The average Bonchev–Trinajstić information content (AvgIpc) is 2.43. The number of hydrogen-bond donors (Lipinski definition) is 0. The fraction of sp³-hybridized carbons (Fsp3) is 0.333. The van der Waals surface area contributed by atoms with Crippen molar-refractivity contribution in [2.45, 2.75) is 33.6 Å². The highest BCUT2D eigenvalue weighted by Gasteiger charge is 2.14. The number of benzene rings is 1. The van der Waals surface area contributed by atoms with Gasteiger partial charge in [-0.15, -0.1) is 0 Å². The molecule has 0 heterocycles. The summed E-state index contributed by atoms with van der Waals surface area (Å²) in [6, 6.07) is 8.70. The third-order valence-electron chi connectivity index (χ3n) is 2.45. The van der Waals surface area contributed by atoms with Crippen LogP contribution in [0.5, 0.6) is 0 Å². The molecule has 102 valence electrons. The molecule has 0 amide bonds. The molecule has 0 radical (unpaired) electrons. The van der Waals surface area contributed by atoms with Crippen molar-refractivity contribution in [3.63, 3.8) is 0 Å². The van der Waals surface area contributed by atoms with Crippen molar-refractivity contribution in [2.75, 3.05) is 0 Å². The van der Waals surface area contributed by atoms with E-state index in [1.807, 2.05) is 19.9 Å². The Kier molecular flexibility index (Phi) is 5.79. The standard InChI is InChI=1S/C15H18O4/c1-4-13(18-11(3)16)14(5-2)19-15(17)12-9-7-6-8-10-12/h6-10H,4-5H2,1-3H3/b14-13+. The molecule has 0 unspecified atom stereocenters. The molecule has 0 N–H and O–H groups in total. The van der Waals surface area contributed by atoms with Gasteiger partial charge in [-0.25, -0.2) is 4.79 Å². The van der Waals surface area contributed by atoms with Crippen molar-refractivity contribution in [2.24, 2.45) is 0 Å². The molecule has 0 aliphatic heterocycles. The lowest BCUT2D eigenvalue weighted by Crippen LogP contribution is -2.09. The van der Waals surface area contributed by atoms with Gasteiger partial charge in [0.25, 0.3) is 0 Å². The first-order valence-electron chi connectivity index (χ1n) is 6.26. The van der Waals surface area contributed by atoms with E-state index in [1.165, 1.54) is 6.92 Å². The first-order valence-corrected chi connectivity index (χ1v) is 6.26. The summed E-state index contributed by atoms with van der Waals surface area (Å²) < 4.78 is 10.4. The highest BCUT2D eigenvalue weighted by atomic mass is 16.6. The second-order valence-electron chi connectivity index (χ2n) is 3.90. The van der Waals surface area contributed by atoms with Gasteiger partial charge in [0, 0.05) is 19.8 Å². The van der Waals surface area contributed by atoms with E-state index >= 15 is 0 Å². The first kappa shape index (κ1) is 15.0. The minimum absolute atomic E-state index is 0.395. The van der Waals surface area contributed by atoms with Gasteiger partial charge >= 0.3 is 11.9 Å². The Hall–Kier alpha value is -2.10. The lowest BCUT2D eigenvalue weighted by atomic mass is 10.2. The molecule has 0 spiro atoms. The van der Waals surface area contributed by atoms with Crippen LogP contribution >= 0.6 is 0 Å². The summed E-state index contributed by atoms with van der Waals surface area (Å²) in [5.41, 5.74) is 0.465. The summed E-state index contributed by atoms with van der Waals surface area (Å²) >= 11 is 0. The minimum atomic E-state index is -0.449. The molecule has 19 heavy (non-hydrogen) atoms. The van der Waals surface area contributed by atoms with Crippen LogP contribution in [-0.4, -0.2) is 11.9 Å². The van der Waals surface area contributed by atoms with Crippen molar-refractivity contribution in [3.05, 3.63) is 47.4 Å². The van der Waals surface area contributed by atoms with Crippen LogP contribution < -0.4 is 0 Å². The predicted octanol–water partition coefficient (Wildman–Crippen LogP) is 3.44. The van der Waals surface area contributed by atoms with Crippen LogP contribution in [0.15, 0.2) is 41.9 Å². The molecule has 0 saturated carbocycles. The topological polar surface area (TPSA) is 52.6 Å². The third kappa shape index (κ3) is 4.58. The van der Waals surface area contributed by atoms with Crippen molar-refractivity contribution in [1.82, 2.24) is 0 Å². The molecular weight excluding hydrogens is 244 g/mol. The van der Waals surface area contributed by atoms with Gasteiger partial charge < -0.3 is 9.47 Å². The van der Waals surface area contributed by atoms with Crippen LogP contribution in [0, 0.1) is 0 Å². The van der Waals surface area contributed by atoms with E-state index in [9.17, 15) is 9.59 Å². The Bertz CT molecular complexity index is 474. The van der Waals surface area contributed by atoms with E-state index in [-0.39, 0.29) is 0 Å². The summed E-state index contributed by atoms with van der Waals surface area (Å²) in [5, 5.41) is 0. The zero-order valence-corrected chi connectivity index (χ0v) is 11.4. The van der Waals surface area contributed by atoms with Crippen molar-refractivity contribution in [1.29, 1.82) is 0 Å². The molecule has 1 rings (SSSR count). The number of allylic oxidation sites excluding steroid dienone is 2. The Morgan fingerprint density at radius 2 is 1.47 bits per heavy atom. The van der Waals surface area contributed by atoms with Gasteiger partial charge in [0.2, 0.25) is 0 Å². The van der Waals surface area contributed by atoms with E-state index < -0.39 is 11.9 Å². The number of ether oxygens (including phenoxy) is 2. The summed E-state index contributed by atoms with van der Waals surface area (Å²) in [4.78, 5) is 22.9. The van der Waals surface area contributed by atoms with Crippen molar-refractivity contribution >= 4 is 11.9 Å². The third-order valence-corrected chi connectivity index (χ3v) is 2.45. The lowest BCUT2D eigenvalue weighted by Gasteiger charge is -2.12. The largest absolute Gasteiger partial charge is 0.428 e. The normalized spacial score (nSPS) is 11.5. The van der Waals surface area contributed by atoms with Crippen LogP contribution in [0.4, 0.5) is 0 Å².